The fourth-order valence-corrected chi connectivity index (χ4v) is 3.84. The van der Waals surface area contributed by atoms with Crippen LogP contribution in [0.4, 0.5) is 13.2 Å². The molecule has 2 rings (SSSR count). The number of nitrogens with one attached hydrogen (secondary N) is 2. The predicted octanol–water partition coefficient (Wildman–Crippen LogP) is 5.04. The number of guanidine groups is 1. The highest BCUT2D eigenvalue weighted by molar-refractivity contribution is 14.0. The van der Waals surface area contributed by atoms with E-state index in [2.05, 4.69) is 15.6 Å². The monoisotopic (exact) mass is 557 g/mol. The van der Waals surface area contributed by atoms with Crippen LogP contribution in [0.25, 0.3) is 0 Å². The molecule has 178 valence electrons. The van der Waals surface area contributed by atoms with E-state index in [-0.39, 0.29) is 36.0 Å². The largest absolute Gasteiger partial charge is 0.411 e. The van der Waals surface area contributed by atoms with Gasteiger partial charge in [-0.3, -0.25) is 0 Å². The fraction of sp³-hybridized carbons (Fsp3) is 0.682. The van der Waals surface area contributed by atoms with Gasteiger partial charge in [0.2, 0.25) is 0 Å². The summed E-state index contributed by atoms with van der Waals surface area (Å²) in [6, 6.07) is 7.32. The Balaban J connectivity index is 0.00000480. The SMILES string of the molecule is CCNC(=NCc1cccc(COCC(F)(F)F)c1)NCC1(CCOC)CCCC1.I. The van der Waals surface area contributed by atoms with Crippen molar-refractivity contribution in [3.05, 3.63) is 35.4 Å². The number of methoxy groups -OCH3 is 1. The smallest absolute Gasteiger partial charge is 0.385 e. The van der Waals surface area contributed by atoms with Gasteiger partial charge in [-0.15, -0.1) is 24.0 Å². The second-order valence-electron chi connectivity index (χ2n) is 7.93. The van der Waals surface area contributed by atoms with E-state index in [0.717, 1.165) is 37.6 Å². The summed E-state index contributed by atoms with van der Waals surface area (Å²) in [6.45, 7) is 3.51. The number of rotatable bonds is 11. The lowest BCUT2D eigenvalue weighted by molar-refractivity contribution is -0.176. The van der Waals surface area contributed by atoms with Crippen LogP contribution in [0.15, 0.2) is 29.3 Å². The van der Waals surface area contributed by atoms with Crippen LogP contribution < -0.4 is 10.6 Å². The molecule has 1 fully saturated rings. The van der Waals surface area contributed by atoms with E-state index in [1.807, 2.05) is 25.1 Å². The molecule has 1 saturated carbocycles. The van der Waals surface area contributed by atoms with E-state index in [1.54, 1.807) is 13.2 Å². The van der Waals surface area contributed by atoms with Gasteiger partial charge in [-0.25, -0.2) is 4.99 Å². The third-order valence-electron chi connectivity index (χ3n) is 5.42. The molecule has 31 heavy (non-hydrogen) atoms. The van der Waals surface area contributed by atoms with Crippen LogP contribution in [0, 0.1) is 5.41 Å². The van der Waals surface area contributed by atoms with Crippen molar-refractivity contribution in [2.24, 2.45) is 10.4 Å². The van der Waals surface area contributed by atoms with E-state index in [4.69, 9.17) is 9.47 Å². The molecule has 1 aliphatic rings. The zero-order chi connectivity index (χ0) is 21.9. The third kappa shape index (κ3) is 10.9. The number of halogens is 4. The molecule has 0 spiro atoms. The van der Waals surface area contributed by atoms with Gasteiger partial charge in [-0.05, 0) is 42.7 Å². The van der Waals surface area contributed by atoms with Gasteiger partial charge in [-0.1, -0.05) is 37.1 Å². The first-order valence-electron chi connectivity index (χ1n) is 10.6. The summed E-state index contributed by atoms with van der Waals surface area (Å²) in [6.07, 6.45) is 1.63. The summed E-state index contributed by atoms with van der Waals surface area (Å²) < 4.78 is 46.8. The van der Waals surface area contributed by atoms with E-state index in [1.165, 1.54) is 25.7 Å². The number of ether oxygens (including phenoxy) is 2. The summed E-state index contributed by atoms with van der Waals surface area (Å²) in [5.74, 6) is 0.750. The Morgan fingerprint density at radius 1 is 1.16 bits per heavy atom. The van der Waals surface area contributed by atoms with E-state index in [0.29, 0.717) is 12.1 Å². The van der Waals surface area contributed by atoms with Crippen molar-refractivity contribution in [2.45, 2.75) is 58.4 Å². The van der Waals surface area contributed by atoms with Crippen LogP contribution in [0.3, 0.4) is 0 Å². The number of alkyl halides is 3. The van der Waals surface area contributed by atoms with Crippen LogP contribution in [-0.2, 0) is 22.6 Å². The zero-order valence-electron chi connectivity index (χ0n) is 18.4. The van der Waals surface area contributed by atoms with Crippen molar-refractivity contribution in [1.29, 1.82) is 0 Å². The number of nitrogens with zero attached hydrogens (tertiary/aromatic N) is 1. The standard InChI is InChI=1S/C22H34F3N3O2.HI/c1-3-26-20(28-16-21(11-12-29-2)9-4-5-10-21)27-14-18-7-6-8-19(13-18)15-30-17-22(23,24)25;/h6-8,13H,3-5,9-12,14-17H2,1-2H3,(H2,26,27,28);1H. The molecule has 1 aliphatic carbocycles. The average Bonchev–Trinajstić information content (AvgIpc) is 3.17. The molecule has 0 saturated heterocycles. The van der Waals surface area contributed by atoms with Crippen molar-refractivity contribution < 1.29 is 22.6 Å². The first-order chi connectivity index (χ1) is 14.4. The Kier molecular flexibility index (Phi) is 12.8. The van der Waals surface area contributed by atoms with Gasteiger partial charge in [0, 0.05) is 26.8 Å². The highest BCUT2D eigenvalue weighted by Crippen LogP contribution is 2.40. The molecule has 0 amide bonds. The molecule has 0 atom stereocenters. The Bertz CT molecular complexity index is 666. The van der Waals surface area contributed by atoms with Crippen molar-refractivity contribution in [3.63, 3.8) is 0 Å². The zero-order valence-corrected chi connectivity index (χ0v) is 20.7. The molecule has 1 aromatic rings. The molecule has 2 N–H and O–H groups in total. The van der Waals surface area contributed by atoms with Crippen molar-refractivity contribution in [3.8, 4) is 0 Å². The maximum atomic E-state index is 12.2. The van der Waals surface area contributed by atoms with E-state index in [9.17, 15) is 13.2 Å². The summed E-state index contributed by atoms with van der Waals surface area (Å²) in [5, 5.41) is 6.76. The molecule has 0 heterocycles. The lowest BCUT2D eigenvalue weighted by Gasteiger charge is -2.30. The molecule has 0 bridgehead atoms. The molecular weight excluding hydrogens is 522 g/mol. The predicted molar refractivity (Wildman–Crippen MR) is 128 cm³/mol. The molecule has 0 radical (unpaired) electrons. The van der Waals surface area contributed by atoms with Gasteiger partial charge in [0.25, 0.3) is 0 Å². The molecule has 0 aliphatic heterocycles. The van der Waals surface area contributed by atoms with Gasteiger partial charge in [0.05, 0.1) is 13.2 Å². The Hall–Kier alpha value is -1.07. The van der Waals surface area contributed by atoms with Gasteiger partial charge in [0.15, 0.2) is 5.96 Å². The third-order valence-corrected chi connectivity index (χ3v) is 5.42. The maximum Gasteiger partial charge on any atom is 0.411 e. The number of hydrogen-bond acceptors (Lipinski definition) is 3. The summed E-state index contributed by atoms with van der Waals surface area (Å²) >= 11 is 0. The fourth-order valence-electron chi connectivity index (χ4n) is 3.84. The van der Waals surface area contributed by atoms with Crippen molar-refractivity contribution >= 4 is 29.9 Å². The second-order valence-corrected chi connectivity index (χ2v) is 7.93. The minimum Gasteiger partial charge on any atom is -0.385 e. The van der Waals surface area contributed by atoms with Crippen molar-refractivity contribution in [1.82, 2.24) is 10.6 Å². The second kappa shape index (κ2) is 14.2. The van der Waals surface area contributed by atoms with Crippen molar-refractivity contribution in [2.75, 3.05) is 33.4 Å². The first-order valence-corrected chi connectivity index (χ1v) is 10.6. The van der Waals surface area contributed by atoms with E-state index >= 15 is 0 Å². The lowest BCUT2D eigenvalue weighted by atomic mass is 9.83. The molecule has 9 heteroatoms. The van der Waals surface area contributed by atoms with Gasteiger partial charge >= 0.3 is 6.18 Å². The minimum atomic E-state index is -4.31. The quantitative estimate of drug-likeness (QED) is 0.228. The van der Waals surface area contributed by atoms with Gasteiger partial charge in [-0.2, -0.15) is 13.2 Å². The van der Waals surface area contributed by atoms with Gasteiger partial charge in [0.1, 0.15) is 6.61 Å². The van der Waals surface area contributed by atoms with Crippen LogP contribution in [0.2, 0.25) is 0 Å². The van der Waals surface area contributed by atoms with Crippen LogP contribution in [0.5, 0.6) is 0 Å². The number of benzene rings is 1. The summed E-state index contributed by atoms with van der Waals surface area (Å²) in [7, 11) is 1.74. The van der Waals surface area contributed by atoms with Gasteiger partial charge < -0.3 is 20.1 Å². The molecule has 0 unspecified atom stereocenters. The summed E-state index contributed by atoms with van der Waals surface area (Å²) in [5.41, 5.74) is 1.88. The first kappa shape index (κ1) is 28.0. The topological polar surface area (TPSA) is 54.9 Å². The van der Waals surface area contributed by atoms with Crippen LogP contribution >= 0.6 is 24.0 Å². The molecule has 5 nitrogen and oxygen atoms in total. The molecule has 0 aromatic heterocycles. The highest BCUT2D eigenvalue weighted by atomic mass is 127. The number of aliphatic imine (C=N–C) groups is 1. The van der Waals surface area contributed by atoms with Crippen LogP contribution in [0.1, 0.15) is 50.2 Å². The molecular formula is C22H35F3IN3O2. The Labute approximate surface area is 200 Å². The normalized spacial score (nSPS) is 16.1. The maximum absolute atomic E-state index is 12.2. The summed E-state index contributed by atoms with van der Waals surface area (Å²) in [4.78, 5) is 4.66. The average molecular weight is 557 g/mol. The number of hydrogen-bond donors (Lipinski definition) is 2. The highest BCUT2D eigenvalue weighted by Gasteiger charge is 2.33. The minimum absolute atomic E-state index is 0. The lowest BCUT2D eigenvalue weighted by Crippen LogP contribution is -2.43. The van der Waals surface area contributed by atoms with E-state index < -0.39 is 12.8 Å². The molecule has 1 aromatic carbocycles. The Morgan fingerprint density at radius 2 is 1.87 bits per heavy atom. The van der Waals surface area contributed by atoms with Crippen LogP contribution in [-0.4, -0.2) is 45.5 Å². The Morgan fingerprint density at radius 3 is 2.52 bits per heavy atom.